The number of epoxide rings is 2. The standard InChI is InChI=1S/C36H51NO9/c1-21(14-28-19-42-26(6)37-28)10-9-11-23(3)35(41-8)24(4)30(43-20-38)18-32(39)36(7)33(46-36)13-12-22(2)29-15-27(17-34(40)45-29)16-31-25(5)44-31/h9-14,19-20,22,24-25,27,29-33,35,39H,15-18H2,1-8H3/b10-9+,13-12+,21-14+,23-11+/t22-,24+,25+,27+,29-,30-,31-,32+,33-,35+,36-/m1/s1. The maximum absolute atomic E-state index is 12.3. The predicted molar refractivity (Wildman–Crippen MR) is 172 cm³/mol. The number of aliphatic hydroxyl groups excluding tert-OH is 1. The van der Waals surface area contributed by atoms with Crippen molar-refractivity contribution in [1.29, 1.82) is 0 Å². The Kier molecular flexibility index (Phi) is 12.2. The highest BCUT2D eigenvalue weighted by Crippen LogP contribution is 2.43. The fourth-order valence-corrected chi connectivity index (χ4v) is 6.46. The minimum absolute atomic E-state index is 0.00174. The number of carbonyl (C=O) groups is 2. The lowest BCUT2D eigenvalue weighted by Gasteiger charge is -2.31. The smallest absolute Gasteiger partial charge is 0.306 e. The molecule has 3 aliphatic rings. The minimum atomic E-state index is -0.892. The molecule has 3 fully saturated rings. The lowest BCUT2D eigenvalue weighted by molar-refractivity contribution is -0.159. The molecule has 0 radical (unpaired) electrons. The van der Waals surface area contributed by atoms with E-state index < -0.39 is 17.8 Å². The molecule has 0 spiro atoms. The Morgan fingerprint density at radius 2 is 2.02 bits per heavy atom. The summed E-state index contributed by atoms with van der Waals surface area (Å²) in [6.45, 7) is 14.0. The summed E-state index contributed by atoms with van der Waals surface area (Å²) in [4.78, 5) is 28.1. The third kappa shape index (κ3) is 9.50. The number of nitrogens with zero attached hydrogens (tertiary/aromatic N) is 1. The maximum atomic E-state index is 12.3. The minimum Gasteiger partial charge on any atom is -0.464 e. The molecule has 254 valence electrons. The van der Waals surface area contributed by atoms with Crippen LogP contribution in [0.4, 0.5) is 0 Å². The van der Waals surface area contributed by atoms with E-state index >= 15 is 0 Å². The molecule has 11 atom stereocenters. The van der Waals surface area contributed by atoms with Crippen molar-refractivity contribution in [2.24, 2.45) is 17.8 Å². The summed E-state index contributed by atoms with van der Waals surface area (Å²) in [5.41, 5.74) is 1.88. The average molecular weight is 642 g/mol. The van der Waals surface area contributed by atoms with Crippen LogP contribution < -0.4 is 0 Å². The first-order chi connectivity index (χ1) is 21.8. The molecule has 10 nitrogen and oxygen atoms in total. The van der Waals surface area contributed by atoms with Crippen molar-refractivity contribution in [3.05, 3.63) is 59.4 Å². The van der Waals surface area contributed by atoms with E-state index in [-0.39, 0.29) is 60.7 Å². The topological polar surface area (TPSA) is 133 Å². The van der Waals surface area contributed by atoms with Crippen LogP contribution in [0.2, 0.25) is 0 Å². The number of rotatable bonds is 17. The number of allylic oxidation sites excluding steroid dienone is 4. The van der Waals surface area contributed by atoms with Gasteiger partial charge in [-0.15, -0.1) is 0 Å². The summed E-state index contributed by atoms with van der Waals surface area (Å²) < 4.78 is 33.8. The normalized spacial score (nSPS) is 31.8. The first-order valence-electron chi connectivity index (χ1n) is 16.3. The van der Waals surface area contributed by atoms with E-state index in [1.54, 1.807) is 20.3 Å². The molecule has 3 saturated heterocycles. The van der Waals surface area contributed by atoms with Crippen molar-refractivity contribution in [3.63, 3.8) is 0 Å². The molecule has 0 unspecified atom stereocenters. The maximum Gasteiger partial charge on any atom is 0.306 e. The number of methoxy groups -OCH3 is 1. The van der Waals surface area contributed by atoms with E-state index in [2.05, 4.69) is 11.9 Å². The number of carbonyl (C=O) groups excluding carboxylic acids is 2. The highest BCUT2D eigenvalue weighted by molar-refractivity contribution is 5.70. The first kappa shape index (κ1) is 35.8. The van der Waals surface area contributed by atoms with E-state index in [1.165, 1.54) is 0 Å². The fourth-order valence-electron chi connectivity index (χ4n) is 6.46. The number of hydrogen-bond acceptors (Lipinski definition) is 10. The molecule has 1 aromatic heterocycles. The number of ether oxygens (including phenoxy) is 5. The van der Waals surface area contributed by atoms with Gasteiger partial charge in [-0.1, -0.05) is 44.2 Å². The van der Waals surface area contributed by atoms with Gasteiger partial charge in [0.2, 0.25) is 0 Å². The Balaban J connectivity index is 1.32. The van der Waals surface area contributed by atoms with Crippen LogP contribution >= 0.6 is 0 Å². The van der Waals surface area contributed by atoms with Crippen molar-refractivity contribution < 1.29 is 42.8 Å². The molecule has 3 aliphatic heterocycles. The van der Waals surface area contributed by atoms with E-state index in [4.69, 9.17) is 28.1 Å². The number of aromatic nitrogens is 1. The summed E-state index contributed by atoms with van der Waals surface area (Å²) >= 11 is 0. The largest absolute Gasteiger partial charge is 0.464 e. The van der Waals surface area contributed by atoms with Gasteiger partial charge in [0.1, 0.15) is 35.9 Å². The number of cyclic esters (lactones) is 1. The van der Waals surface area contributed by atoms with Gasteiger partial charge in [0, 0.05) is 38.7 Å². The number of aliphatic hydroxyl groups is 1. The summed E-state index contributed by atoms with van der Waals surface area (Å²) in [6.07, 6.45) is 13.8. The van der Waals surface area contributed by atoms with Crippen LogP contribution in [-0.2, 0) is 33.3 Å². The van der Waals surface area contributed by atoms with Gasteiger partial charge >= 0.3 is 5.97 Å². The van der Waals surface area contributed by atoms with Crippen LogP contribution in [0.5, 0.6) is 0 Å². The van der Waals surface area contributed by atoms with Crippen LogP contribution in [0.1, 0.15) is 78.8 Å². The van der Waals surface area contributed by atoms with Gasteiger partial charge < -0.3 is 33.2 Å². The molecule has 4 rings (SSSR count). The average Bonchev–Trinajstić information content (AvgIpc) is 3.83. The molecule has 1 aromatic rings. The highest BCUT2D eigenvalue weighted by Gasteiger charge is 2.57. The van der Waals surface area contributed by atoms with Gasteiger partial charge in [0.05, 0.1) is 24.4 Å². The van der Waals surface area contributed by atoms with Gasteiger partial charge in [0.15, 0.2) is 5.89 Å². The lowest BCUT2D eigenvalue weighted by Crippen LogP contribution is -2.40. The van der Waals surface area contributed by atoms with E-state index in [1.807, 2.05) is 71.1 Å². The molecule has 10 heteroatoms. The lowest BCUT2D eigenvalue weighted by atomic mass is 9.85. The number of esters is 1. The summed E-state index contributed by atoms with van der Waals surface area (Å²) in [6, 6.07) is 0. The Labute approximate surface area is 272 Å². The SMILES string of the molecule is CO[C@@H](/C(C)=C/C=C/C(C)=C/c1coc(C)n1)[C@@H](C)[C@@H](C[C@H](O)[C@@]1(C)O[C@@H]1/C=C/[C@@H](C)[C@H]1C[C@@H](C[C@H]2O[C@H]2C)CC(=O)O1)OC=O. The Morgan fingerprint density at radius 3 is 2.65 bits per heavy atom. The molecule has 0 aromatic carbocycles. The zero-order valence-electron chi connectivity index (χ0n) is 28.4. The second kappa shape index (κ2) is 15.7. The highest BCUT2D eigenvalue weighted by atomic mass is 16.6. The van der Waals surface area contributed by atoms with Gasteiger partial charge in [-0.05, 0) is 63.7 Å². The third-order valence-electron chi connectivity index (χ3n) is 9.62. The molecule has 4 heterocycles. The zero-order valence-corrected chi connectivity index (χ0v) is 28.4. The van der Waals surface area contributed by atoms with Crippen LogP contribution in [0.25, 0.3) is 6.08 Å². The van der Waals surface area contributed by atoms with Gasteiger partial charge in [0.25, 0.3) is 6.47 Å². The Morgan fingerprint density at radius 1 is 1.28 bits per heavy atom. The molecule has 46 heavy (non-hydrogen) atoms. The van der Waals surface area contributed by atoms with E-state index in [0.717, 1.165) is 29.7 Å². The molecule has 0 amide bonds. The van der Waals surface area contributed by atoms with Crippen molar-refractivity contribution in [1.82, 2.24) is 4.98 Å². The van der Waals surface area contributed by atoms with Crippen LogP contribution in [0.15, 0.2) is 52.2 Å². The first-order valence-corrected chi connectivity index (χ1v) is 16.3. The van der Waals surface area contributed by atoms with Crippen molar-refractivity contribution >= 4 is 18.5 Å². The quantitative estimate of drug-likeness (QED) is 0.0745. The van der Waals surface area contributed by atoms with Crippen LogP contribution in [0, 0.1) is 24.7 Å². The van der Waals surface area contributed by atoms with Crippen molar-refractivity contribution in [2.75, 3.05) is 7.11 Å². The number of aryl methyl sites for hydroxylation is 1. The number of oxazole rings is 1. The van der Waals surface area contributed by atoms with E-state index in [9.17, 15) is 14.7 Å². The molecular weight excluding hydrogens is 590 g/mol. The molecular formula is C36H51NO9. The predicted octanol–water partition coefficient (Wildman–Crippen LogP) is 5.68. The third-order valence-corrected chi connectivity index (χ3v) is 9.62. The summed E-state index contributed by atoms with van der Waals surface area (Å²) in [5.74, 6) is 0.465. The molecule has 0 aliphatic carbocycles. The van der Waals surface area contributed by atoms with Gasteiger partial charge in [-0.3, -0.25) is 9.59 Å². The second-order valence-electron chi connectivity index (χ2n) is 13.4. The van der Waals surface area contributed by atoms with Gasteiger partial charge in [-0.25, -0.2) is 4.98 Å². The monoisotopic (exact) mass is 641 g/mol. The summed E-state index contributed by atoms with van der Waals surface area (Å²) in [7, 11) is 1.62. The molecule has 0 bridgehead atoms. The molecule has 0 saturated carbocycles. The van der Waals surface area contributed by atoms with Gasteiger partial charge in [-0.2, -0.15) is 0 Å². The number of hydrogen-bond donors (Lipinski definition) is 1. The summed E-state index contributed by atoms with van der Waals surface area (Å²) in [5, 5.41) is 11.3. The Bertz CT molecular complexity index is 1310. The zero-order chi connectivity index (χ0) is 33.6. The fraction of sp³-hybridized carbons (Fsp3) is 0.639. The molecule has 1 N–H and O–H groups in total. The van der Waals surface area contributed by atoms with Crippen molar-refractivity contribution in [2.45, 2.75) is 122 Å². The Hall–Kier alpha value is -3.05. The second-order valence-corrected chi connectivity index (χ2v) is 13.4. The van der Waals surface area contributed by atoms with E-state index in [0.29, 0.717) is 18.8 Å². The van der Waals surface area contributed by atoms with Crippen LogP contribution in [0.3, 0.4) is 0 Å². The van der Waals surface area contributed by atoms with Crippen LogP contribution in [-0.4, -0.2) is 78.0 Å². The van der Waals surface area contributed by atoms with Crippen molar-refractivity contribution in [3.8, 4) is 0 Å².